The van der Waals surface area contributed by atoms with E-state index >= 15 is 0 Å². The summed E-state index contributed by atoms with van der Waals surface area (Å²) in [5.41, 5.74) is -0.281. The Labute approximate surface area is 117 Å². The molecule has 1 spiro atoms. The molecule has 8 nitrogen and oxygen atoms in total. The number of carbonyl (C=O) groups is 1. The summed E-state index contributed by atoms with van der Waals surface area (Å²) < 4.78 is 7.35. The van der Waals surface area contributed by atoms with Gasteiger partial charge in [-0.3, -0.25) is 4.90 Å². The minimum Gasteiger partial charge on any atom is -0.439 e. The van der Waals surface area contributed by atoms with E-state index in [1.807, 2.05) is 11.6 Å². The van der Waals surface area contributed by atoms with E-state index in [-0.39, 0.29) is 11.7 Å². The van der Waals surface area contributed by atoms with Crippen LogP contribution >= 0.6 is 0 Å². The lowest BCUT2D eigenvalue weighted by atomic mass is 10.0. The van der Waals surface area contributed by atoms with Crippen molar-refractivity contribution in [3.63, 3.8) is 0 Å². The molecule has 1 amide bonds. The molecule has 0 bridgehead atoms. The Balaban J connectivity index is 1.47. The van der Waals surface area contributed by atoms with Gasteiger partial charge in [0.05, 0.1) is 6.54 Å². The number of amides is 1. The molecule has 2 aliphatic rings. The minimum absolute atomic E-state index is 0.198. The van der Waals surface area contributed by atoms with Gasteiger partial charge >= 0.3 is 6.09 Å². The third-order valence-corrected chi connectivity index (χ3v) is 4.09. The van der Waals surface area contributed by atoms with Crippen LogP contribution in [0.25, 0.3) is 0 Å². The van der Waals surface area contributed by atoms with Crippen LogP contribution in [0.15, 0.2) is 0 Å². The van der Waals surface area contributed by atoms with Gasteiger partial charge in [0.1, 0.15) is 11.4 Å². The quantitative estimate of drug-likeness (QED) is 0.766. The van der Waals surface area contributed by atoms with Crippen LogP contribution in [0.3, 0.4) is 0 Å². The number of tetrazole rings is 1. The Hall–Kier alpha value is -1.70. The Kier molecular flexibility index (Phi) is 3.33. The molecule has 20 heavy (non-hydrogen) atoms. The van der Waals surface area contributed by atoms with Gasteiger partial charge in [0.2, 0.25) is 0 Å². The fraction of sp³-hybridized carbons (Fsp3) is 0.833. The topological polar surface area (TPSA) is 76.4 Å². The van der Waals surface area contributed by atoms with Gasteiger partial charge in [-0.1, -0.05) is 0 Å². The standard InChI is InChI=1S/C12H20N6O2/c1-10-13-14-15-18(10)6-3-5-17-7-4-12(9-17)8-16(2)11(19)20-12/h3-9H2,1-2H3/t12-/m1/s1. The molecule has 0 unspecified atom stereocenters. The van der Waals surface area contributed by atoms with E-state index in [4.69, 9.17) is 4.74 Å². The minimum atomic E-state index is -0.281. The Morgan fingerprint density at radius 3 is 2.85 bits per heavy atom. The Bertz CT molecular complexity index is 504. The molecule has 1 aromatic heterocycles. The zero-order chi connectivity index (χ0) is 14.2. The number of nitrogens with zero attached hydrogens (tertiary/aromatic N) is 6. The summed E-state index contributed by atoms with van der Waals surface area (Å²) in [5.74, 6) is 0.842. The summed E-state index contributed by atoms with van der Waals surface area (Å²) in [6.07, 6.45) is 1.72. The van der Waals surface area contributed by atoms with Crippen molar-refractivity contribution in [2.24, 2.45) is 0 Å². The number of aryl methyl sites for hydroxylation is 2. The van der Waals surface area contributed by atoms with Crippen LogP contribution in [-0.4, -0.2) is 74.9 Å². The second kappa shape index (κ2) is 5.01. The fourth-order valence-electron chi connectivity index (χ4n) is 3.02. The summed E-state index contributed by atoms with van der Waals surface area (Å²) in [5, 5.41) is 11.4. The van der Waals surface area contributed by atoms with Crippen molar-refractivity contribution in [3.8, 4) is 0 Å². The number of likely N-dealkylation sites (N-methyl/N-ethyl adjacent to an activating group) is 1. The fourth-order valence-corrected chi connectivity index (χ4v) is 3.02. The van der Waals surface area contributed by atoms with Crippen LogP contribution in [0.5, 0.6) is 0 Å². The molecule has 3 heterocycles. The number of rotatable bonds is 4. The molecule has 0 aliphatic carbocycles. The van der Waals surface area contributed by atoms with Gasteiger partial charge in [0.15, 0.2) is 0 Å². The zero-order valence-corrected chi connectivity index (χ0v) is 11.9. The highest BCUT2D eigenvalue weighted by atomic mass is 16.6. The van der Waals surface area contributed by atoms with E-state index in [1.54, 1.807) is 11.9 Å². The van der Waals surface area contributed by atoms with Crippen molar-refractivity contribution in [1.82, 2.24) is 30.0 Å². The molecule has 1 aromatic rings. The maximum absolute atomic E-state index is 11.5. The number of hydrogen-bond acceptors (Lipinski definition) is 6. The summed E-state index contributed by atoms with van der Waals surface area (Å²) in [7, 11) is 1.79. The lowest BCUT2D eigenvalue weighted by molar-refractivity contribution is 0.0632. The predicted molar refractivity (Wildman–Crippen MR) is 70.1 cm³/mol. The van der Waals surface area contributed by atoms with Gasteiger partial charge in [-0.2, -0.15) is 0 Å². The molecule has 110 valence electrons. The number of likely N-dealkylation sites (tertiary alicyclic amines) is 1. The van der Waals surface area contributed by atoms with Crippen LogP contribution in [0, 0.1) is 6.92 Å². The van der Waals surface area contributed by atoms with E-state index in [9.17, 15) is 4.79 Å². The second-order valence-corrected chi connectivity index (χ2v) is 5.74. The lowest BCUT2D eigenvalue weighted by Crippen LogP contribution is -2.37. The third kappa shape index (κ3) is 2.47. The van der Waals surface area contributed by atoms with Crippen LogP contribution < -0.4 is 0 Å². The summed E-state index contributed by atoms with van der Waals surface area (Å²) >= 11 is 0. The van der Waals surface area contributed by atoms with Crippen molar-refractivity contribution in [2.45, 2.75) is 31.9 Å². The van der Waals surface area contributed by atoms with Crippen molar-refractivity contribution in [3.05, 3.63) is 5.82 Å². The number of aromatic nitrogens is 4. The molecular weight excluding hydrogens is 260 g/mol. The second-order valence-electron chi connectivity index (χ2n) is 5.74. The van der Waals surface area contributed by atoms with Gasteiger partial charge in [-0.05, 0) is 23.8 Å². The molecular formula is C12H20N6O2. The van der Waals surface area contributed by atoms with Crippen molar-refractivity contribution >= 4 is 6.09 Å². The SMILES string of the molecule is Cc1nnnn1CCCN1CC[C@]2(C1)CN(C)C(=O)O2. The van der Waals surface area contributed by atoms with E-state index in [0.29, 0.717) is 6.54 Å². The number of carbonyl (C=O) groups excluding carboxylic acids is 1. The van der Waals surface area contributed by atoms with E-state index < -0.39 is 0 Å². The largest absolute Gasteiger partial charge is 0.439 e. The number of hydrogen-bond donors (Lipinski definition) is 0. The van der Waals surface area contributed by atoms with Crippen LogP contribution in [0.2, 0.25) is 0 Å². The van der Waals surface area contributed by atoms with Crippen LogP contribution in [-0.2, 0) is 11.3 Å². The molecule has 3 rings (SSSR count). The van der Waals surface area contributed by atoms with Gasteiger partial charge in [-0.25, -0.2) is 9.48 Å². The summed E-state index contributed by atoms with van der Waals surface area (Å²) in [4.78, 5) is 15.5. The molecule has 0 N–H and O–H groups in total. The first-order chi connectivity index (χ1) is 9.58. The van der Waals surface area contributed by atoms with Gasteiger partial charge in [0.25, 0.3) is 0 Å². The van der Waals surface area contributed by atoms with Crippen molar-refractivity contribution in [1.29, 1.82) is 0 Å². The zero-order valence-electron chi connectivity index (χ0n) is 11.9. The van der Waals surface area contributed by atoms with Gasteiger partial charge in [0, 0.05) is 39.6 Å². The summed E-state index contributed by atoms with van der Waals surface area (Å²) in [6, 6.07) is 0. The normalized spacial score (nSPS) is 26.7. The first kappa shape index (κ1) is 13.3. The molecule has 8 heteroatoms. The predicted octanol–water partition coefficient (Wildman–Crippen LogP) is -0.102. The lowest BCUT2D eigenvalue weighted by Gasteiger charge is -2.21. The van der Waals surface area contributed by atoms with Gasteiger partial charge < -0.3 is 9.64 Å². The molecule has 1 atom stereocenters. The molecule has 2 fully saturated rings. The first-order valence-corrected chi connectivity index (χ1v) is 6.97. The molecule has 0 aromatic carbocycles. The van der Waals surface area contributed by atoms with E-state index in [0.717, 1.165) is 44.8 Å². The maximum atomic E-state index is 11.5. The molecule has 2 aliphatic heterocycles. The highest BCUT2D eigenvalue weighted by Gasteiger charge is 2.48. The maximum Gasteiger partial charge on any atom is 0.410 e. The smallest absolute Gasteiger partial charge is 0.410 e. The molecule has 2 saturated heterocycles. The Morgan fingerprint density at radius 2 is 2.20 bits per heavy atom. The highest BCUT2D eigenvalue weighted by Crippen LogP contribution is 2.31. The summed E-state index contributed by atoms with van der Waals surface area (Å²) in [6.45, 7) is 6.21. The van der Waals surface area contributed by atoms with Gasteiger partial charge in [-0.15, -0.1) is 5.10 Å². The van der Waals surface area contributed by atoms with Crippen molar-refractivity contribution in [2.75, 3.05) is 33.2 Å². The first-order valence-electron chi connectivity index (χ1n) is 6.97. The Morgan fingerprint density at radius 1 is 1.35 bits per heavy atom. The third-order valence-electron chi connectivity index (χ3n) is 4.09. The monoisotopic (exact) mass is 280 g/mol. The highest BCUT2D eigenvalue weighted by molar-refractivity contribution is 5.70. The molecule has 0 saturated carbocycles. The van der Waals surface area contributed by atoms with E-state index in [1.165, 1.54) is 0 Å². The average molecular weight is 280 g/mol. The molecule has 0 radical (unpaired) electrons. The average Bonchev–Trinajstić information content (AvgIpc) is 3.04. The number of ether oxygens (including phenoxy) is 1. The van der Waals surface area contributed by atoms with Crippen molar-refractivity contribution < 1.29 is 9.53 Å². The van der Waals surface area contributed by atoms with E-state index in [2.05, 4.69) is 20.4 Å². The van der Waals surface area contributed by atoms with Crippen LogP contribution in [0.1, 0.15) is 18.7 Å². The van der Waals surface area contributed by atoms with Crippen LogP contribution in [0.4, 0.5) is 4.79 Å².